The van der Waals surface area contributed by atoms with Crippen LogP contribution >= 0.6 is 0 Å². The molecule has 2 heterocycles. The highest BCUT2D eigenvalue weighted by Gasteiger charge is 2.46. The summed E-state index contributed by atoms with van der Waals surface area (Å²) in [6.07, 6.45) is 10.8. The Kier molecular flexibility index (Phi) is 6.71. The highest BCUT2D eigenvalue weighted by Crippen LogP contribution is 2.55. The Morgan fingerprint density at radius 2 is 1.90 bits per heavy atom. The third-order valence-corrected chi connectivity index (χ3v) is 8.49. The molecule has 2 fully saturated rings. The van der Waals surface area contributed by atoms with Crippen LogP contribution in [-0.4, -0.2) is 42.0 Å². The first-order chi connectivity index (χ1) is 18.9. The van der Waals surface area contributed by atoms with Crippen LogP contribution in [0.1, 0.15) is 84.6 Å². The number of carboxylic acids is 1. The van der Waals surface area contributed by atoms with E-state index in [1.807, 2.05) is 25.4 Å². The highest BCUT2D eigenvalue weighted by molar-refractivity contribution is 5.89. The molecule has 3 atom stereocenters. The standard InChI is InChI=1S/C31H35N5O3/c1-19-24(13-8-14-29(19)39-20(2)21-9-5-4-6-10-21)22-11-7-12-23(15-22)36-30(27(17-32-36)31(37)38)26-16-25(26)28-18-35(3)34-33-28/h7-8,11-15,17-18,20-21,25-26H,4-6,9-10,16H2,1-3H3,(H,37,38)/t20-,25?,26?/m0/s1. The van der Waals surface area contributed by atoms with Crippen LogP contribution < -0.4 is 4.74 Å². The molecule has 2 aliphatic rings. The van der Waals surface area contributed by atoms with E-state index in [1.54, 1.807) is 9.36 Å². The SMILES string of the molecule is Cc1c(O[C@@H](C)C2CCCCC2)cccc1-c1cccc(-n2ncc(C(=O)O)c2C2CC2c2cn(C)nn2)c1. The second-order valence-electron chi connectivity index (χ2n) is 11.1. The van der Waals surface area contributed by atoms with Crippen molar-refractivity contribution in [2.24, 2.45) is 13.0 Å². The topological polar surface area (TPSA) is 95.1 Å². The molecular formula is C31H35N5O3. The summed E-state index contributed by atoms with van der Waals surface area (Å²) in [5.41, 5.74) is 5.91. The molecular weight excluding hydrogens is 490 g/mol. The van der Waals surface area contributed by atoms with Crippen molar-refractivity contribution in [2.45, 2.75) is 70.3 Å². The van der Waals surface area contributed by atoms with Gasteiger partial charge in [-0.15, -0.1) is 5.10 Å². The van der Waals surface area contributed by atoms with E-state index in [1.165, 1.54) is 38.3 Å². The predicted octanol–water partition coefficient (Wildman–Crippen LogP) is 6.29. The maximum absolute atomic E-state index is 12.1. The Hall–Kier alpha value is -3.94. The Morgan fingerprint density at radius 3 is 2.64 bits per heavy atom. The van der Waals surface area contributed by atoms with Gasteiger partial charge in [0, 0.05) is 25.1 Å². The van der Waals surface area contributed by atoms with Crippen molar-refractivity contribution in [1.29, 1.82) is 0 Å². The molecule has 8 heteroatoms. The fourth-order valence-corrected chi connectivity index (χ4v) is 6.20. The molecule has 8 nitrogen and oxygen atoms in total. The van der Waals surface area contributed by atoms with Crippen LogP contribution in [0.2, 0.25) is 0 Å². The monoisotopic (exact) mass is 525 g/mol. The van der Waals surface area contributed by atoms with E-state index in [2.05, 4.69) is 59.6 Å². The van der Waals surface area contributed by atoms with Crippen LogP contribution in [0.15, 0.2) is 54.9 Å². The molecule has 2 saturated carbocycles. The van der Waals surface area contributed by atoms with E-state index >= 15 is 0 Å². The van der Waals surface area contributed by atoms with Crippen molar-refractivity contribution >= 4 is 5.97 Å². The van der Waals surface area contributed by atoms with Crippen molar-refractivity contribution in [3.05, 3.63) is 77.4 Å². The maximum atomic E-state index is 12.1. The van der Waals surface area contributed by atoms with E-state index < -0.39 is 5.97 Å². The van der Waals surface area contributed by atoms with Gasteiger partial charge in [-0.25, -0.2) is 9.48 Å². The Morgan fingerprint density at radius 1 is 1.10 bits per heavy atom. The summed E-state index contributed by atoms with van der Waals surface area (Å²) in [6.45, 7) is 4.32. The molecule has 0 radical (unpaired) electrons. The number of aryl methyl sites for hydroxylation is 1. The number of ether oxygens (including phenoxy) is 1. The number of aromatic carboxylic acids is 1. The summed E-state index contributed by atoms with van der Waals surface area (Å²) in [6, 6.07) is 14.4. The second kappa shape index (κ2) is 10.3. The Labute approximate surface area is 228 Å². The number of aromatic nitrogens is 5. The van der Waals surface area contributed by atoms with Gasteiger partial charge >= 0.3 is 5.97 Å². The number of nitrogens with zero attached hydrogens (tertiary/aromatic N) is 5. The van der Waals surface area contributed by atoms with E-state index in [0.29, 0.717) is 11.6 Å². The molecule has 0 bridgehead atoms. The lowest BCUT2D eigenvalue weighted by molar-refractivity contribution is 0.0695. The lowest BCUT2D eigenvalue weighted by Crippen LogP contribution is -2.26. The number of carboxylic acid groups (broad SMARTS) is 1. The third kappa shape index (κ3) is 4.95. The summed E-state index contributed by atoms with van der Waals surface area (Å²) in [5.74, 6) is 0.731. The lowest BCUT2D eigenvalue weighted by Gasteiger charge is -2.29. The van der Waals surface area contributed by atoms with Gasteiger partial charge in [0.05, 0.1) is 29.4 Å². The second-order valence-corrected chi connectivity index (χ2v) is 11.1. The molecule has 39 heavy (non-hydrogen) atoms. The molecule has 0 spiro atoms. The largest absolute Gasteiger partial charge is 0.490 e. The molecule has 0 aliphatic heterocycles. The zero-order valence-corrected chi connectivity index (χ0v) is 22.7. The van der Waals surface area contributed by atoms with E-state index in [-0.39, 0.29) is 23.5 Å². The van der Waals surface area contributed by atoms with Crippen LogP contribution in [-0.2, 0) is 7.05 Å². The van der Waals surface area contributed by atoms with E-state index in [4.69, 9.17) is 4.74 Å². The molecule has 1 N–H and O–H groups in total. The van der Waals surface area contributed by atoms with Gasteiger partial charge in [-0.3, -0.25) is 4.68 Å². The van der Waals surface area contributed by atoms with Crippen molar-refractivity contribution in [2.75, 3.05) is 0 Å². The molecule has 2 aromatic heterocycles. The van der Waals surface area contributed by atoms with Crippen molar-refractivity contribution in [1.82, 2.24) is 24.8 Å². The highest BCUT2D eigenvalue weighted by atomic mass is 16.5. The number of benzene rings is 2. The lowest BCUT2D eigenvalue weighted by atomic mass is 9.86. The summed E-state index contributed by atoms with van der Waals surface area (Å²) >= 11 is 0. The Bertz CT molecular complexity index is 1500. The van der Waals surface area contributed by atoms with Gasteiger partial charge in [0.2, 0.25) is 0 Å². The van der Waals surface area contributed by atoms with Crippen molar-refractivity contribution in [3.63, 3.8) is 0 Å². The smallest absolute Gasteiger partial charge is 0.339 e. The molecule has 2 aromatic carbocycles. The first-order valence-electron chi connectivity index (χ1n) is 13.9. The van der Waals surface area contributed by atoms with Gasteiger partial charge < -0.3 is 9.84 Å². The fraction of sp³-hybridized carbons (Fsp3) is 0.419. The molecule has 2 aliphatic carbocycles. The quantitative estimate of drug-likeness (QED) is 0.290. The molecule has 2 unspecified atom stereocenters. The first-order valence-corrected chi connectivity index (χ1v) is 13.9. The summed E-state index contributed by atoms with van der Waals surface area (Å²) in [4.78, 5) is 12.1. The van der Waals surface area contributed by atoms with Gasteiger partial charge in [-0.05, 0) is 73.9 Å². The number of carbonyl (C=O) groups is 1. The first kappa shape index (κ1) is 25.3. The zero-order valence-electron chi connectivity index (χ0n) is 22.7. The summed E-state index contributed by atoms with van der Waals surface area (Å²) in [5, 5.41) is 22.8. The molecule has 0 saturated heterocycles. The minimum Gasteiger partial charge on any atom is -0.490 e. The molecule has 4 aromatic rings. The minimum atomic E-state index is -0.968. The number of rotatable bonds is 8. The van der Waals surface area contributed by atoms with E-state index in [9.17, 15) is 9.90 Å². The van der Waals surface area contributed by atoms with Gasteiger partial charge in [-0.1, -0.05) is 48.7 Å². The van der Waals surface area contributed by atoms with Gasteiger partial charge in [-0.2, -0.15) is 5.10 Å². The van der Waals surface area contributed by atoms with Gasteiger partial charge in [0.15, 0.2) is 0 Å². The van der Waals surface area contributed by atoms with Gasteiger partial charge in [0.25, 0.3) is 0 Å². The summed E-state index contributed by atoms with van der Waals surface area (Å²) in [7, 11) is 1.84. The molecule has 0 amide bonds. The van der Waals surface area contributed by atoms with Gasteiger partial charge in [0.1, 0.15) is 11.3 Å². The molecule has 6 rings (SSSR count). The Balaban J connectivity index is 1.31. The maximum Gasteiger partial charge on any atom is 0.339 e. The average Bonchev–Trinajstić information content (AvgIpc) is 3.39. The fourth-order valence-electron chi connectivity index (χ4n) is 6.20. The van der Waals surface area contributed by atoms with Crippen molar-refractivity contribution in [3.8, 4) is 22.6 Å². The van der Waals surface area contributed by atoms with Crippen LogP contribution in [0.5, 0.6) is 5.75 Å². The normalized spacial score (nSPS) is 20.1. The third-order valence-electron chi connectivity index (χ3n) is 8.49. The summed E-state index contributed by atoms with van der Waals surface area (Å²) < 4.78 is 9.98. The predicted molar refractivity (Wildman–Crippen MR) is 148 cm³/mol. The zero-order chi connectivity index (χ0) is 27.1. The average molecular weight is 526 g/mol. The van der Waals surface area contributed by atoms with Crippen molar-refractivity contribution < 1.29 is 14.6 Å². The van der Waals surface area contributed by atoms with Crippen LogP contribution in [0, 0.1) is 12.8 Å². The molecule has 202 valence electrons. The van der Waals surface area contributed by atoms with Crippen LogP contribution in [0.4, 0.5) is 0 Å². The van der Waals surface area contributed by atoms with Crippen LogP contribution in [0.3, 0.4) is 0 Å². The van der Waals surface area contributed by atoms with Crippen LogP contribution in [0.25, 0.3) is 16.8 Å². The number of hydrogen-bond acceptors (Lipinski definition) is 5. The minimum absolute atomic E-state index is 0.0266. The number of hydrogen-bond donors (Lipinski definition) is 1. The van der Waals surface area contributed by atoms with E-state index in [0.717, 1.165) is 40.2 Å².